The molecule has 0 aliphatic carbocycles. The van der Waals surface area contributed by atoms with Gasteiger partial charge < -0.3 is 4.42 Å². The van der Waals surface area contributed by atoms with E-state index in [0.29, 0.717) is 12.0 Å². The number of sulfone groups is 1. The molecule has 0 aliphatic heterocycles. The van der Waals surface area contributed by atoms with Gasteiger partial charge in [-0.05, 0) is 37.1 Å². The van der Waals surface area contributed by atoms with Crippen LogP contribution >= 0.6 is 0 Å². The molecule has 0 saturated heterocycles. The smallest absolute Gasteiger partial charge is 0.335 e. The highest BCUT2D eigenvalue weighted by Crippen LogP contribution is 2.16. The van der Waals surface area contributed by atoms with E-state index in [9.17, 15) is 21.2 Å². The van der Waals surface area contributed by atoms with Gasteiger partial charge in [-0.15, -0.1) is 5.10 Å². The normalized spacial score (nSPS) is 12.5. The van der Waals surface area contributed by atoms with Gasteiger partial charge in [0.2, 0.25) is 25.8 Å². The summed E-state index contributed by atoms with van der Waals surface area (Å²) in [5.41, 5.74) is 0.303. The molecule has 0 unspecified atom stereocenters. The van der Waals surface area contributed by atoms with Crippen LogP contribution < -0.4 is 4.72 Å². The molecular weight excluding hydrogens is 361 g/mol. The zero-order chi connectivity index (χ0) is 18.0. The third kappa shape index (κ3) is 4.58. The minimum absolute atomic E-state index is 0.000975. The Labute approximate surface area is 139 Å². The van der Waals surface area contributed by atoms with Crippen LogP contribution in [-0.4, -0.2) is 39.8 Å². The molecular formula is C13H16FN3O5S2. The van der Waals surface area contributed by atoms with Gasteiger partial charge in [-0.1, -0.05) is 5.10 Å². The van der Waals surface area contributed by atoms with Gasteiger partial charge in [-0.25, -0.2) is 25.9 Å². The molecule has 0 fully saturated rings. The van der Waals surface area contributed by atoms with Crippen LogP contribution in [0.15, 0.2) is 32.7 Å². The molecule has 0 saturated carbocycles. The van der Waals surface area contributed by atoms with Crippen molar-refractivity contribution in [1.82, 2.24) is 14.9 Å². The molecule has 0 amide bonds. The molecule has 0 bridgehead atoms. The molecule has 2 rings (SSSR count). The van der Waals surface area contributed by atoms with Gasteiger partial charge in [0.1, 0.15) is 5.82 Å². The maximum atomic E-state index is 13.0. The van der Waals surface area contributed by atoms with Gasteiger partial charge in [0.15, 0.2) is 0 Å². The van der Waals surface area contributed by atoms with E-state index in [2.05, 4.69) is 14.9 Å². The lowest BCUT2D eigenvalue weighted by molar-refractivity contribution is 0.394. The molecule has 1 N–H and O–H groups in total. The molecule has 1 aromatic carbocycles. The van der Waals surface area contributed by atoms with E-state index in [4.69, 9.17) is 4.42 Å². The predicted octanol–water partition coefficient (Wildman–Crippen LogP) is 0.832. The summed E-state index contributed by atoms with van der Waals surface area (Å²) < 4.78 is 67.1. The van der Waals surface area contributed by atoms with Gasteiger partial charge >= 0.3 is 5.22 Å². The van der Waals surface area contributed by atoms with Gasteiger partial charge in [0.25, 0.3) is 0 Å². The number of aromatic nitrogens is 2. The highest BCUT2D eigenvalue weighted by molar-refractivity contribution is 7.90. The van der Waals surface area contributed by atoms with Gasteiger partial charge in [0.05, 0.1) is 4.90 Å². The second-order valence-corrected chi connectivity index (χ2v) is 8.77. The summed E-state index contributed by atoms with van der Waals surface area (Å²) in [6.45, 7) is 1.58. The van der Waals surface area contributed by atoms with Crippen LogP contribution in [0.1, 0.15) is 17.9 Å². The van der Waals surface area contributed by atoms with Crippen LogP contribution in [-0.2, 0) is 26.3 Å². The van der Waals surface area contributed by atoms with Gasteiger partial charge in [-0.3, -0.25) is 0 Å². The number of nitrogens with one attached hydrogen (secondary N) is 1. The predicted molar refractivity (Wildman–Crippen MR) is 82.1 cm³/mol. The molecule has 0 spiro atoms. The van der Waals surface area contributed by atoms with Crippen molar-refractivity contribution in [2.75, 3.05) is 12.8 Å². The van der Waals surface area contributed by atoms with Crippen molar-refractivity contribution in [3.8, 4) is 0 Å². The van der Waals surface area contributed by atoms with Crippen LogP contribution in [0.2, 0.25) is 0 Å². The fraction of sp³-hybridized carbons (Fsp3) is 0.385. The highest BCUT2D eigenvalue weighted by Gasteiger charge is 2.18. The summed E-state index contributed by atoms with van der Waals surface area (Å²) in [7, 11) is -7.32. The van der Waals surface area contributed by atoms with Crippen LogP contribution in [0.25, 0.3) is 0 Å². The number of hydrogen-bond acceptors (Lipinski definition) is 7. The average molecular weight is 377 g/mol. The van der Waals surface area contributed by atoms with Crippen molar-refractivity contribution in [3.63, 3.8) is 0 Å². The van der Waals surface area contributed by atoms with E-state index in [1.807, 2.05) is 0 Å². The second kappa shape index (κ2) is 6.95. The Morgan fingerprint density at radius 1 is 1.21 bits per heavy atom. The summed E-state index contributed by atoms with van der Waals surface area (Å²) in [6.07, 6.45) is 1.49. The number of sulfonamides is 1. The Morgan fingerprint density at radius 2 is 1.92 bits per heavy atom. The highest BCUT2D eigenvalue weighted by atomic mass is 32.2. The van der Waals surface area contributed by atoms with Crippen molar-refractivity contribution in [3.05, 3.63) is 35.5 Å². The number of hydrogen-bond donors (Lipinski definition) is 1. The van der Waals surface area contributed by atoms with E-state index in [1.165, 1.54) is 13.0 Å². The molecule has 132 valence electrons. The number of benzene rings is 1. The Balaban J connectivity index is 1.93. The first kappa shape index (κ1) is 18.5. The minimum Gasteiger partial charge on any atom is -0.413 e. The Bertz CT molecular complexity index is 938. The lowest BCUT2D eigenvalue weighted by atomic mass is 10.2. The number of halogens is 1. The van der Waals surface area contributed by atoms with Crippen LogP contribution in [0.5, 0.6) is 0 Å². The van der Waals surface area contributed by atoms with Crippen molar-refractivity contribution in [2.45, 2.75) is 29.9 Å². The molecule has 2 aromatic rings. The second-order valence-electron chi connectivity index (χ2n) is 5.15. The first-order valence-corrected chi connectivity index (χ1v) is 10.3. The van der Waals surface area contributed by atoms with Crippen molar-refractivity contribution >= 4 is 19.9 Å². The van der Waals surface area contributed by atoms with Gasteiger partial charge in [-0.2, -0.15) is 0 Å². The summed E-state index contributed by atoms with van der Waals surface area (Å²) in [6, 6.07) is 3.41. The minimum atomic E-state index is -3.76. The first-order chi connectivity index (χ1) is 11.1. The zero-order valence-corrected chi connectivity index (χ0v) is 14.6. The van der Waals surface area contributed by atoms with E-state index in [1.54, 1.807) is 0 Å². The fourth-order valence-corrected chi connectivity index (χ4v) is 3.66. The molecule has 0 atom stereocenters. The maximum Gasteiger partial charge on any atom is 0.335 e. The average Bonchev–Trinajstić information content (AvgIpc) is 2.92. The molecule has 8 nitrogen and oxygen atoms in total. The van der Waals surface area contributed by atoms with Crippen molar-refractivity contribution < 1.29 is 25.6 Å². The summed E-state index contributed by atoms with van der Waals surface area (Å²) in [5, 5.41) is 6.52. The Hall–Kier alpha value is -1.85. The quantitative estimate of drug-likeness (QED) is 0.710. The summed E-state index contributed by atoms with van der Waals surface area (Å²) in [5.74, 6) is -0.405. The topological polar surface area (TPSA) is 119 Å². The van der Waals surface area contributed by atoms with Crippen LogP contribution in [0.4, 0.5) is 4.39 Å². The van der Waals surface area contributed by atoms with Gasteiger partial charge in [0, 0.05) is 19.2 Å². The van der Waals surface area contributed by atoms with E-state index < -0.39 is 30.9 Å². The molecule has 0 aliphatic rings. The van der Waals surface area contributed by atoms with Crippen molar-refractivity contribution in [2.24, 2.45) is 0 Å². The third-order valence-electron chi connectivity index (χ3n) is 3.05. The van der Waals surface area contributed by atoms with Crippen LogP contribution in [0.3, 0.4) is 0 Å². The maximum absolute atomic E-state index is 13.0. The van der Waals surface area contributed by atoms with E-state index >= 15 is 0 Å². The third-order valence-corrected chi connectivity index (χ3v) is 5.47. The van der Waals surface area contributed by atoms with E-state index in [0.717, 1.165) is 18.4 Å². The number of nitrogens with zero attached hydrogens (tertiary/aromatic N) is 2. The fourth-order valence-electron chi connectivity index (χ4n) is 1.93. The number of rotatable bonds is 7. The number of aryl methyl sites for hydroxylation is 2. The molecule has 0 radical (unpaired) electrons. The van der Waals surface area contributed by atoms with Crippen molar-refractivity contribution in [1.29, 1.82) is 0 Å². The Morgan fingerprint density at radius 3 is 2.50 bits per heavy atom. The SMILES string of the molecule is Cc1cc(F)ccc1S(=O)(=O)NCCCc1nnc(S(C)(=O)=O)o1. The first-order valence-electron chi connectivity index (χ1n) is 6.88. The lowest BCUT2D eigenvalue weighted by Crippen LogP contribution is -2.25. The van der Waals surface area contributed by atoms with Crippen LogP contribution in [0, 0.1) is 12.7 Å². The molecule has 11 heteroatoms. The largest absolute Gasteiger partial charge is 0.413 e. The molecule has 1 aromatic heterocycles. The standard InChI is InChI=1S/C13H16FN3O5S2/c1-9-8-10(14)5-6-11(9)24(20,21)15-7-3-4-12-16-17-13(22-12)23(2,18)19/h5-6,8,15H,3-4,7H2,1-2H3. The zero-order valence-electron chi connectivity index (χ0n) is 13.0. The summed E-state index contributed by atoms with van der Waals surface area (Å²) >= 11 is 0. The Kier molecular flexibility index (Phi) is 5.35. The summed E-state index contributed by atoms with van der Waals surface area (Å²) in [4.78, 5) is 0.000975. The molecule has 24 heavy (non-hydrogen) atoms. The van der Waals surface area contributed by atoms with E-state index in [-0.39, 0.29) is 23.8 Å². The monoisotopic (exact) mass is 377 g/mol. The molecule has 1 heterocycles. The lowest BCUT2D eigenvalue weighted by Gasteiger charge is -2.08.